The molecule has 0 saturated carbocycles. The van der Waals surface area contributed by atoms with Crippen molar-refractivity contribution in [2.45, 2.75) is 0 Å². The maximum Gasteiger partial charge on any atom is 0.339 e. The van der Waals surface area contributed by atoms with Gasteiger partial charge in [0.2, 0.25) is 0 Å². The molecule has 2 nitrogen and oxygen atoms in total. The molecule has 0 aliphatic carbocycles. The van der Waals surface area contributed by atoms with Crippen molar-refractivity contribution in [1.29, 1.82) is 0 Å². The summed E-state index contributed by atoms with van der Waals surface area (Å²) in [5, 5.41) is 0. The number of carbonyl (C=O) groups excluding carboxylic acids is 1. The molecular formula is C8H5F2IO2. The lowest BCUT2D eigenvalue weighted by Crippen LogP contribution is -2.06. The molecule has 70 valence electrons. The summed E-state index contributed by atoms with van der Waals surface area (Å²) < 4.78 is 29.9. The Morgan fingerprint density at radius 2 is 2.08 bits per heavy atom. The van der Waals surface area contributed by atoms with Crippen molar-refractivity contribution in [3.05, 3.63) is 32.9 Å². The van der Waals surface area contributed by atoms with Gasteiger partial charge in [-0.1, -0.05) is 0 Å². The molecule has 0 atom stereocenters. The van der Waals surface area contributed by atoms with E-state index in [1.54, 1.807) is 22.6 Å². The highest BCUT2D eigenvalue weighted by Crippen LogP contribution is 2.18. The molecule has 5 heteroatoms. The summed E-state index contributed by atoms with van der Waals surface area (Å²) in [4.78, 5) is 11.0. The van der Waals surface area contributed by atoms with Gasteiger partial charge in [0.15, 0.2) is 0 Å². The molecule has 0 spiro atoms. The normalized spacial score (nSPS) is 9.85. The van der Waals surface area contributed by atoms with Gasteiger partial charge in [-0.2, -0.15) is 0 Å². The number of rotatable bonds is 1. The predicted molar refractivity (Wildman–Crippen MR) is 50.4 cm³/mol. The SMILES string of the molecule is COC(=O)c1cc(F)cc(F)c1I. The first-order valence-corrected chi connectivity index (χ1v) is 4.37. The van der Waals surface area contributed by atoms with E-state index in [0.717, 1.165) is 13.2 Å². The van der Waals surface area contributed by atoms with E-state index in [-0.39, 0.29) is 9.13 Å². The molecule has 0 fully saturated rings. The Hall–Kier alpha value is -0.720. The molecule has 0 heterocycles. The van der Waals surface area contributed by atoms with Crippen molar-refractivity contribution in [3.8, 4) is 0 Å². The van der Waals surface area contributed by atoms with E-state index >= 15 is 0 Å². The molecule has 13 heavy (non-hydrogen) atoms. The molecule has 0 aromatic heterocycles. The molecule has 0 unspecified atom stereocenters. The van der Waals surface area contributed by atoms with Crippen molar-refractivity contribution in [1.82, 2.24) is 0 Å². The number of esters is 1. The van der Waals surface area contributed by atoms with E-state index in [9.17, 15) is 13.6 Å². The molecule has 1 aromatic rings. The van der Waals surface area contributed by atoms with Crippen LogP contribution in [0.4, 0.5) is 8.78 Å². The highest BCUT2D eigenvalue weighted by molar-refractivity contribution is 14.1. The van der Waals surface area contributed by atoms with Gasteiger partial charge < -0.3 is 4.74 Å². The Kier molecular flexibility index (Phi) is 3.18. The van der Waals surface area contributed by atoms with E-state index in [1.807, 2.05) is 0 Å². The average molecular weight is 298 g/mol. The molecule has 1 aromatic carbocycles. The summed E-state index contributed by atoms with van der Waals surface area (Å²) in [6.07, 6.45) is 0. The van der Waals surface area contributed by atoms with Crippen LogP contribution in [-0.2, 0) is 4.74 Å². The maximum atomic E-state index is 12.9. The molecule has 0 amide bonds. The molecule has 0 aliphatic rings. The zero-order valence-corrected chi connectivity index (χ0v) is 8.76. The van der Waals surface area contributed by atoms with Gasteiger partial charge in [-0.25, -0.2) is 13.6 Å². The van der Waals surface area contributed by atoms with Crippen LogP contribution < -0.4 is 0 Å². The topological polar surface area (TPSA) is 26.3 Å². The van der Waals surface area contributed by atoms with Crippen LogP contribution in [0.1, 0.15) is 10.4 Å². The third-order valence-electron chi connectivity index (χ3n) is 1.40. The van der Waals surface area contributed by atoms with Crippen LogP contribution in [0.25, 0.3) is 0 Å². The van der Waals surface area contributed by atoms with E-state index in [2.05, 4.69) is 4.74 Å². The van der Waals surface area contributed by atoms with Gasteiger partial charge in [0, 0.05) is 6.07 Å². The summed E-state index contributed by atoms with van der Waals surface area (Å²) in [6.45, 7) is 0. The summed E-state index contributed by atoms with van der Waals surface area (Å²) >= 11 is 1.62. The number of halogens is 3. The summed E-state index contributed by atoms with van der Waals surface area (Å²) in [5.74, 6) is -2.30. The Labute approximate surface area is 87.0 Å². The molecule has 0 aliphatic heterocycles. The largest absolute Gasteiger partial charge is 0.465 e. The minimum absolute atomic E-state index is 0.0610. The first-order chi connectivity index (χ1) is 6.06. The van der Waals surface area contributed by atoms with Gasteiger partial charge in [-0.3, -0.25) is 0 Å². The van der Waals surface area contributed by atoms with Crippen molar-refractivity contribution >= 4 is 28.6 Å². The zero-order valence-electron chi connectivity index (χ0n) is 6.61. The first-order valence-electron chi connectivity index (χ1n) is 3.29. The fourth-order valence-electron chi connectivity index (χ4n) is 0.814. The zero-order chi connectivity index (χ0) is 10.0. The lowest BCUT2D eigenvalue weighted by Gasteiger charge is -2.02. The van der Waals surface area contributed by atoms with Crippen molar-refractivity contribution in [2.75, 3.05) is 7.11 Å². The standard InChI is InChI=1S/C8H5F2IO2/c1-13-8(12)5-2-4(9)3-6(10)7(5)11/h2-3H,1H3. The highest BCUT2D eigenvalue weighted by Gasteiger charge is 2.15. The summed E-state index contributed by atoms with van der Waals surface area (Å²) in [7, 11) is 1.15. The van der Waals surface area contributed by atoms with Gasteiger partial charge >= 0.3 is 5.97 Å². The van der Waals surface area contributed by atoms with Gasteiger partial charge in [-0.05, 0) is 28.7 Å². The lowest BCUT2D eigenvalue weighted by atomic mass is 10.2. The van der Waals surface area contributed by atoms with Crippen molar-refractivity contribution in [2.24, 2.45) is 0 Å². The number of hydrogen-bond donors (Lipinski definition) is 0. The minimum Gasteiger partial charge on any atom is -0.465 e. The summed E-state index contributed by atoms with van der Waals surface area (Å²) in [6, 6.07) is 1.66. The molecule has 1 rings (SSSR count). The van der Waals surface area contributed by atoms with Gasteiger partial charge in [-0.15, -0.1) is 0 Å². The smallest absolute Gasteiger partial charge is 0.339 e. The Bertz CT molecular complexity index is 352. The van der Waals surface area contributed by atoms with Crippen molar-refractivity contribution < 1.29 is 18.3 Å². The molecular weight excluding hydrogens is 293 g/mol. The molecule has 0 bridgehead atoms. The van der Waals surface area contributed by atoms with E-state index in [0.29, 0.717) is 6.07 Å². The van der Waals surface area contributed by atoms with Crippen LogP contribution in [0, 0.1) is 15.2 Å². The van der Waals surface area contributed by atoms with Crippen LogP contribution >= 0.6 is 22.6 Å². The lowest BCUT2D eigenvalue weighted by molar-refractivity contribution is 0.0598. The molecule has 0 saturated heterocycles. The second-order valence-electron chi connectivity index (χ2n) is 2.24. The Morgan fingerprint density at radius 3 is 2.62 bits per heavy atom. The Balaban J connectivity index is 3.28. The van der Waals surface area contributed by atoms with E-state index < -0.39 is 17.6 Å². The van der Waals surface area contributed by atoms with Crippen molar-refractivity contribution in [3.63, 3.8) is 0 Å². The third kappa shape index (κ3) is 2.15. The number of hydrogen-bond acceptors (Lipinski definition) is 2. The minimum atomic E-state index is -0.793. The fourth-order valence-corrected chi connectivity index (χ4v) is 1.35. The fraction of sp³-hybridized carbons (Fsp3) is 0.125. The first kappa shape index (κ1) is 10.4. The van der Waals surface area contributed by atoms with Crippen LogP contribution in [0.5, 0.6) is 0 Å². The highest BCUT2D eigenvalue weighted by atomic mass is 127. The molecule has 0 radical (unpaired) electrons. The van der Waals surface area contributed by atoms with Crippen LogP contribution in [0.15, 0.2) is 12.1 Å². The second kappa shape index (κ2) is 3.99. The number of methoxy groups -OCH3 is 1. The van der Waals surface area contributed by atoms with E-state index in [4.69, 9.17) is 0 Å². The second-order valence-corrected chi connectivity index (χ2v) is 3.32. The van der Waals surface area contributed by atoms with Crippen LogP contribution in [0.3, 0.4) is 0 Å². The number of carbonyl (C=O) groups is 1. The summed E-state index contributed by atoms with van der Waals surface area (Å²) in [5.41, 5.74) is -0.0967. The molecule has 0 N–H and O–H groups in total. The monoisotopic (exact) mass is 298 g/mol. The third-order valence-corrected chi connectivity index (χ3v) is 2.49. The Morgan fingerprint density at radius 1 is 1.46 bits per heavy atom. The van der Waals surface area contributed by atoms with Gasteiger partial charge in [0.25, 0.3) is 0 Å². The predicted octanol–water partition coefficient (Wildman–Crippen LogP) is 2.36. The number of benzene rings is 1. The van der Waals surface area contributed by atoms with Crippen LogP contribution in [-0.4, -0.2) is 13.1 Å². The average Bonchev–Trinajstić information content (AvgIpc) is 2.10. The van der Waals surface area contributed by atoms with Gasteiger partial charge in [0.05, 0.1) is 16.2 Å². The maximum absolute atomic E-state index is 12.9. The quantitative estimate of drug-likeness (QED) is 0.452. The van der Waals surface area contributed by atoms with E-state index in [1.165, 1.54) is 0 Å². The van der Waals surface area contributed by atoms with Gasteiger partial charge in [0.1, 0.15) is 11.6 Å². The van der Waals surface area contributed by atoms with Crippen LogP contribution in [0.2, 0.25) is 0 Å². The number of ether oxygens (including phenoxy) is 1.